The number of rotatable bonds is 7. The predicted molar refractivity (Wildman–Crippen MR) is 93.3 cm³/mol. The largest absolute Gasteiger partial charge is 0.383 e. The first-order valence-electron chi connectivity index (χ1n) is 7.38. The Bertz CT molecular complexity index is 641. The van der Waals surface area contributed by atoms with Gasteiger partial charge in [-0.3, -0.25) is 4.79 Å². The number of anilines is 3. The van der Waals surface area contributed by atoms with Gasteiger partial charge in [0.1, 0.15) is 5.82 Å². The summed E-state index contributed by atoms with van der Waals surface area (Å²) in [5.41, 5.74) is 2.39. The van der Waals surface area contributed by atoms with Crippen molar-refractivity contribution in [2.75, 3.05) is 49.9 Å². The van der Waals surface area contributed by atoms with E-state index in [2.05, 4.69) is 15.6 Å². The van der Waals surface area contributed by atoms with Crippen molar-refractivity contribution in [3.8, 4) is 0 Å². The first-order chi connectivity index (χ1) is 11.1. The maximum Gasteiger partial charge on any atom is 0.255 e. The van der Waals surface area contributed by atoms with E-state index in [1.54, 1.807) is 25.4 Å². The topological polar surface area (TPSA) is 66.5 Å². The molecule has 6 heteroatoms. The van der Waals surface area contributed by atoms with E-state index >= 15 is 0 Å². The molecule has 2 N–H and O–H groups in total. The van der Waals surface area contributed by atoms with E-state index in [1.807, 2.05) is 43.3 Å². The number of ether oxygens (including phenoxy) is 1. The lowest BCUT2D eigenvalue weighted by molar-refractivity contribution is 0.102. The molecule has 1 aromatic heterocycles. The molecule has 0 aliphatic carbocycles. The van der Waals surface area contributed by atoms with Crippen LogP contribution in [0.15, 0.2) is 42.6 Å². The van der Waals surface area contributed by atoms with Gasteiger partial charge in [0.2, 0.25) is 0 Å². The summed E-state index contributed by atoms with van der Waals surface area (Å²) < 4.78 is 4.97. The van der Waals surface area contributed by atoms with Gasteiger partial charge < -0.3 is 20.3 Å². The van der Waals surface area contributed by atoms with E-state index in [1.165, 1.54) is 0 Å². The summed E-state index contributed by atoms with van der Waals surface area (Å²) in [6.45, 7) is 1.22. The molecule has 0 radical (unpaired) electrons. The number of carbonyl (C=O) groups excluding carboxylic acids is 1. The molecule has 1 aromatic carbocycles. The lowest BCUT2D eigenvalue weighted by Crippen LogP contribution is -2.14. The van der Waals surface area contributed by atoms with Gasteiger partial charge in [-0.15, -0.1) is 0 Å². The van der Waals surface area contributed by atoms with Crippen LogP contribution in [0.3, 0.4) is 0 Å². The number of nitrogens with one attached hydrogen (secondary N) is 2. The third-order valence-corrected chi connectivity index (χ3v) is 3.28. The average Bonchev–Trinajstić information content (AvgIpc) is 2.56. The molecule has 0 aliphatic rings. The van der Waals surface area contributed by atoms with Gasteiger partial charge in [0.25, 0.3) is 5.91 Å². The number of methoxy groups -OCH3 is 1. The highest BCUT2D eigenvalue weighted by molar-refractivity contribution is 6.04. The van der Waals surface area contributed by atoms with E-state index in [0.717, 1.165) is 11.4 Å². The maximum absolute atomic E-state index is 12.3. The van der Waals surface area contributed by atoms with Crippen LogP contribution in [0.5, 0.6) is 0 Å². The zero-order chi connectivity index (χ0) is 16.7. The van der Waals surface area contributed by atoms with Crippen LogP contribution in [0, 0.1) is 0 Å². The number of pyridine rings is 1. The number of amides is 1. The predicted octanol–water partition coefficient (Wildman–Crippen LogP) is 2.46. The average molecular weight is 314 g/mol. The molecular formula is C17H22N4O2. The Morgan fingerprint density at radius 1 is 1.22 bits per heavy atom. The van der Waals surface area contributed by atoms with Gasteiger partial charge in [-0.1, -0.05) is 0 Å². The van der Waals surface area contributed by atoms with Crippen LogP contribution in [0.4, 0.5) is 17.2 Å². The second-order valence-electron chi connectivity index (χ2n) is 5.24. The zero-order valence-corrected chi connectivity index (χ0v) is 13.7. The quantitative estimate of drug-likeness (QED) is 0.769. The minimum absolute atomic E-state index is 0.167. The second-order valence-corrected chi connectivity index (χ2v) is 5.24. The maximum atomic E-state index is 12.3. The molecule has 0 fully saturated rings. The van der Waals surface area contributed by atoms with Crippen LogP contribution in [0.2, 0.25) is 0 Å². The number of hydrogen-bond donors (Lipinski definition) is 2. The van der Waals surface area contributed by atoms with Gasteiger partial charge in [0.15, 0.2) is 0 Å². The molecular weight excluding hydrogens is 292 g/mol. The number of benzene rings is 1. The Morgan fingerprint density at radius 3 is 2.61 bits per heavy atom. The molecule has 0 bridgehead atoms. The first-order valence-corrected chi connectivity index (χ1v) is 7.38. The molecule has 2 aromatic rings. The summed E-state index contributed by atoms with van der Waals surface area (Å²) in [6.07, 6.45) is 1.61. The van der Waals surface area contributed by atoms with Gasteiger partial charge >= 0.3 is 0 Å². The molecule has 6 nitrogen and oxygen atoms in total. The number of nitrogens with zero attached hydrogens (tertiary/aromatic N) is 2. The molecule has 0 spiro atoms. The molecule has 122 valence electrons. The van der Waals surface area contributed by atoms with E-state index in [9.17, 15) is 4.79 Å². The van der Waals surface area contributed by atoms with Crippen LogP contribution in [0.1, 0.15) is 10.4 Å². The van der Waals surface area contributed by atoms with Gasteiger partial charge in [-0.2, -0.15) is 0 Å². The van der Waals surface area contributed by atoms with Crippen LogP contribution < -0.4 is 15.5 Å². The Balaban J connectivity index is 2.01. The number of carbonyl (C=O) groups is 1. The second kappa shape index (κ2) is 8.14. The lowest BCUT2D eigenvalue weighted by atomic mass is 10.2. The summed E-state index contributed by atoms with van der Waals surface area (Å²) in [7, 11) is 5.59. The highest BCUT2D eigenvalue weighted by Crippen LogP contribution is 2.17. The van der Waals surface area contributed by atoms with Gasteiger partial charge in [0.05, 0.1) is 6.61 Å². The van der Waals surface area contributed by atoms with E-state index < -0.39 is 0 Å². The normalized spacial score (nSPS) is 10.2. The SMILES string of the molecule is COCCNc1cc(C(=O)Nc2ccc(N(C)C)cc2)ccn1. The summed E-state index contributed by atoms with van der Waals surface area (Å²) in [6, 6.07) is 11.1. The monoisotopic (exact) mass is 314 g/mol. The molecule has 0 saturated heterocycles. The standard InChI is InChI=1S/C17H22N4O2/c1-21(2)15-6-4-14(5-7-15)20-17(22)13-8-9-18-16(12-13)19-10-11-23-3/h4-9,12H,10-11H2,1-3H3,(H,18,19)(H,20,22). The van der Waals surface area contributed by atoms with Gasteiger partial charge in [-0.25, -0.2) is 4.98 Å². The fourth-order valence-electron chi connectivity index (χ4n) is 2.00. The summed E-state index contributed by atoms with van der Waals surface area (Å²) in [5, 5.41) is 5.98. The summed E-state index contributed by atoms with van der Waals surface area (Å²) in [4.78, 5) is 18.5. The third-order valence-electron chi connectivity index (χ3n) is 3.28. The molecule has 0 aliphatic heterocycles. The van der Waals surface area contributed by atoms with E-state index in [-0.39, 0.29) is 5.91 Å². The third kappa shape index (κ3) is 4.96. The van der Waals surface area contributed by atoms with Gasteiger partial charge in [0, 0.05) is 50.9 Å². The fraction of sp³-hybridized carbons (Fsp3) is 0.294. The minimum atomic E-state index is -0.167. The molecule has 0 atom stereocenters. The molecule has 1 amide bonds. The van der Waals surface area contributed by atoms with Crippen molar-refractivity contribution in [1.82, 2.24) is 4.98 Å². The van der Waals surface area contributed by atoms with E-state index in [4.69, 9.17) is 4.74 Å². The number of aromatic nitrogens is 1. The first kappa shape index (κ1) is 16.8. The molecule has 0 saturated carbocycles. The van der Waals surface area contributed by atoms with Crippen LogP contribution >= 0.6 is 0 Å². The van der Waals surface area contributed by atoms with Crippen LogP contribution in [-0.2, 0) is 4.74 Å². The Kier molecular flexibility index (Phi) is 5.94. The molecule has 1 heterocycles. The molecule has 2 rings (SSSR count). The van der Waals surface area contributed by atoms with E-state index in [0.29, 0.717) is 24.5 Å². The Hall–Kier alpha value is -2.60. The van der Waals surface area contributed by atoms with Crippen molar-refractivity contribution in [2.24, 2.45) is 0 Å². The minimum Gasteiger partial charge on any atom is -0.383 e. The highest BCUT2D eigenvalue weighted by Gasteiger charge is 2.07. The fourth-order valence-corrected chi connectivity index (χ4v) is 2.00. The lowest BCUT2D eigenvalue weighted by Gasteiger charge is -2.13. The van der Waals surface area contributed by atoms with Crippen molar-refractivity contribution >= 4 is 23.1 Å². The zero-order valence-electron chi connectivity index (χ0n) is 13.7. The van der Waals surface area contributed by atoms with Crippen molar-refractivity contribution in [3.63, 3.8) is 0 Å². The van der Waals surface area contributed by atoms with Gasteiger partial charge in [-0.05, 0) is 36.4 Å². The Morgan fingerprint density at radius 2 is 1.96 bits per heavy atom. The molecule has 23 heavy (non-hydrogen) atoms. The summed E-state index contributed by atoms with van der Waals surface area (Å²) >= 11 is 0. The number of hydrogen-bond acceptors (Lipinski definition) is 5. The highest BCUT2D eigenvalue weighted by atomic mass is 16.5. The summed E-state index contributed by atoms with van der Waals surface area (Å²) in [5.74, 6) is 0.484. The van der Waals surface area contributed by atoms with Crippen molar-refractivity contribution in [3.05, 3.63) is 48.2 Å². The smallest absolute Gasteiger partial charge is 0.255 e. The Labute approximate surface area is 136 Å². The van der Waals surface area contributed by atoms with Crippen molar-refractivity contribution < 1.29 is 9.53 Å². The molecule has 0 unspecified atom stereocenters. The van der Waals surface area contributed by atoms with Crippen molar-refractivity contribution in [2.45, 2.75) is 0 Å². The van der Waals surface area contributed by atoms with Crippen molar-refractivity contribution in [1.29, 1.82) is 0 Å². The van der Waals surface area contributed by atoms with Crippen LogP contribution in [-0.4, -0.2) is 45.2 Å². The van der Waals surface area contributed by atoms with Crippen LogP contribution in [0.25, 0.3) is 0 Å².